The van der Waals surface area contributed by atoms with Crippen LogP contribution >= 0.6 is 23.1 Å². The van der Waals surface area contributed by atoms with Crippen LogP contribution in [0.15, 0.2) is 34.1 Å². The zero-order valence-corrected chi connectivity index (χ0v) is 10.8. The summed E-state index contributed by atoms with van der Waals surface area (Å²) in [6, 6.07) is 7.54. The van der Waals surface area contributed by atoms with Crippen LogP contribution in [0, 0.1) is 0 Å². The summed E-state index contributed by atoms with van der Waals surface area (Å²) in [6.45, 7) is 0.667. The van der Waals surface area contributed by atoms with Gasteiger partial charge in [-0.2, -0.15) is 0 Å². The first-order valence-electron chi connectivity index (χ1n) is 5.22. The third-order valence-corrected chi connectivity index (χ3v) is 3.98. The second-order valence-electron chi connectivity index (χ2n) is 3.29. The summed E-state index contributed by atoms with van der Waals surface area (Å²) in [4.78, 5) is 0. The molecule has 0 aliphatic heterocycles. The Labute approximate surface area is 108 Å². The number of nitrogens with two attached hydrogens (primary N) is 1. The number of hydrogen-bond donors (Lipinski definition) is 1. The number of nitrogens with zero attached hydrogens (tertiary/aromatic N) is 2. The van der Waals surface area contributed by atoms with Crippen LogP contribution in [0.2, 0.25) is 0 Å². The van der Waals surface area contributed by atoms with Crippen molar-refractivity contribution in [2.75, 3.05) is 18.1 Å². The molecule has 2 N–H and O–H groups in total. The van der Waals surface area contributed by atoms with Gasteiger partial charge in [-0.05, 0) is 18.6 Å². The predicted octanol–water partition coefficient (Wildman–Crippen LogP) is 2.68. The average Bonchev–Trinajstić information content (AvgIpc) is 2.84. The van der Waals surface area contributed by atoms with Crippen LogP contribution in [0.4, 0.5) is 5.69 Å². The van der Waals surface area contributed by atoms with Gasteiger partial charge in [-0.15, -0.1) is 10.2 Å². The largest absolute Gasteiger partial charge is 0.491 e. The first kappa shape index (κ1) is 12.2. The zero-order valence-electron chi connectivity index (χ0n) is 9.20. The summed E-state index contributed by atoms with van der Waals surface area (Å²) >= 11 is 3.26. The Kier molecular flexibility index (Phi) is 4.63. The van der Waals surface area contributed by atoms with E-state index in [0.29, 0.717) is 12.3 Å². The van der Waals surface area contributed by atoms with Crippen LogP contribution in [-0.2, 0) is 0 Å². The molecule has 4 nitrogen and oxygen atoms in total. The van der Waals surface area contributed by atoms with E-state index in [0.717, 1.165) is 22.3 Å². The third kappa shape index (κ3) is 3.90. The predicted molar refractivity (Wildman–Crippen MR) is 71.6 cm³/mol. The number of benzene rings is 1. The van der Waals surface area contributed by atoms with Gasteiger partial charge in [0.15, 0.2) is 4.34 Å². The van der Waals surface area contributed by atoms with Gasteiger partial charge in [-0.25, -0.2) is 0 Å². The second kappa shape index (κ2) is 6.46. The van der Waals surface area contributed by atoms with E-state index in [1.165, 1.54) is 0 Å². The van der Waals surface area contributed by atoms with Crippen molar-refractivity contribution >= 4 is 28.8 Å². The highest BCUT2D eigenvalue weighted by molar-refractivity contribution is 8.00. The molecule has 0 aliphatic rings. The maximum absolute atomic E-state index is 5.77. The number of hydrogen-bond acceptors (Lipinski definition) is 6. The maximum atomic E-state index is 5.77. The minimum absolute atomic E-state index is 0.667. The molecule has 0 radical (unpaired) electrons. The van der Waals surface area contributed by atoms with E-state index in [-0.39, 0.29) is 0 Å². The molecule has 0 amide bonds. The summed E-state index contributed by atoms with van der Waals surface area (Å²) < 4.78 is 6.59. The monoisotopic (exact) mass is 267 g/mol. The lowest BCUT2D eigenvalue weighted by Crippen LogP contribution is -2.01. The van der Waals surface area contributed by atoms with Crippen molar-refractivity contribution in [2.24, 2.45) is 0 Å². The van der Waals surface area contributed by atoms with Gasteiger partial charge in [0.1, 0.15) is 11.3 Å². The molecule has 17 heavy (non-hydrogen) atoms. The molecule has 1 aromatic carbocycles. The number of anilines is 1. The normalized spacial score (nSPS) is 10.4. The fourth-order valence-electron chi connectivity index (χ4n) is 1.24. The van der Waals surface area contributed by atoms with E-state index in [1.54, 1.807) is 28.6 Å². The molecular weight excluding hydrogens is 254 g/mol. The van der Waals surface area contributed by atoms with Gasteiger partial charge in [-0.3, -0.25) is 0 Å². The molecule has 2 aromatic rings. The topological polar surface area (TPSA) is 61.0 Å². The van der Waals surface area contributed by atoms with Gasteiger partial charge in [0.05, 0.1) is 12.3 Å². The van der Waals surface area contributed by atoms with Crippen molar-refractivity contribution in [2.45, 2.75) is 10.8 Å². The van der Waals surface area contributed by atoms with Gasteiger partial charge in [0, 0.05) is 5.75 Å². The number of nitrogen functional groups attached to an aromatic ring is 1. The molecule has 1 heterocycles. The lowest BCUT2D eigenvalue weighted by Gasteiger charge is -2.07. The number of para-hydroxylation sites is 2. The van der Waals surface area contributed by atoms with Gasteiger partial charge in [0.2, 0.25) is 0 Å². The molecule has 90 valence electrons. The Hall–Kier alpha value is -1.27. The number of ether oxygens (including phenoxy) is 1. The van der Waals surface area contributed by atoms with Crippen molar-refractivity contribution in [3.8, 4) is 5.75 Å². The summed E-state index contributed by atoms with van der Waals surface area (Å²) in [5, 5.41) is 7.74. The minimum Gasteiger partial charge on any atom is -0.491 e. The molecule has 2 rings (SSSR count). The van der Waals surface area contributed by atoms with Crippen LogP contribution in [-0.4, -0.2) is 22.6 Å². The number of aromatic nitrogens is 2. The van der Waals surface area contributed by atoms with Crippen molar-refractivity contribution in [3.05, 3.63) is 29.8 Å². The quantitative estimate of drug-likeness (QED) is 0.495. The Balaban J connectivity index is 1.65. The van der Waals surface area contributed by atoms with Crippen molar-refractivity contribution < 1.29 is 4.74 Å². The molecule has 1 aromatic heterocycles. The van der Waals surface area contributed by atoms with E-state index in [9.17, 15) is 0 Å². The molecule has 0 spiro atoms. The smallest absolute Gasteiger partial charge is 0.174 e. The van der Waals surface area contributed by atoms with E-state index in [1.807, 2.05) is 24.3 Å². The fourth-order valence-corrected chi connectivity index (χ4v) is 2.71. The van der Waals surface area contributed by atoms with Gasteiger partial charge in [-0.1, -0.05) is 35.2 Å². The SMILES string of the molecule is Nc1ccccc1OCCCSc1nncs1. The Bertz CT molecular complexity index is 448. The van der Waals surface area contributed by atoms with Crippen LogP contribution in [0.3, 0.4) is 0 Å². The first-order chi connectivity index (χ1) is 8.36. The molecule has 0 atom stereocenters. The lowest BCUT2D eigenvalue weighted by atomic mass is 10.3. The number of thioether (sulfide) groups is 1. The van der Waals surface area contributed by atoms with Crippen LogP contribution in [0.25, 0.3) is 0 Å². The lowest BCUT2D eigenvalue weighted by molar-refractivity contribution is 0.320. The van der Waals surface area contributed by atoms with Crippen LogP contribution in [0.1, 0.15) is 6.42 Å². The molecule has 0 saturated heterocycles. The van der Waals surface area contributed by atoms with E-state index in [4.69, 9.17) is 10.5 Å². The summed E-state index contributed by atoms with van der Waals surface area (Å²) in [7, 11) is 0. The van der Waals surface area contributed by atoms with Crippen LogP contribution < -0.4 is 10.5 Å². The molecule has 0 unspecified atom stereocenters. The van der Waals surface area contributed by atoms with Crippen LogP contribution in [0.5, 0.6) is 5.75 Å². The van der Waals surface area contributed by atoms with Gasteiger partial charge >= 0.3 is 0 Å². The minimum atomic E-state index is 0.667. The molecule has 6 heteroatoms. The molecule has 0 saturated carbocycles. The van der Waals surface area contributed by atoms with E-state index >= 15 is 0 Å². The Morgan fingerprint density at radius 2 is 2.24 bits per heavy atom. The van der Waals surface area contributed by atoms with E-state index in [2.05, 4.69) is 10.2 Å². The summed E-state index contributed by atoms with van der Waals surface area (Å²) in [5.41, 5.74) is 8.19. The molecular formula is C11H13N3OS2. The highest BCUT2D eigenvalue weighted by Gasteiger charge is 2.00. The highest BCUT2D eigenvalue weighted by atomic mass is 32.2. The van der Waals surface area contributed by atoms with Crippen molar-refractivity contribution in [3.63, 3.8) is 0 Å². The third-order valence-electron chi connectivity index (χ3n) is 2.03. The molecule has 0 fully saturated rings. The highest BCUT2D eigenvalue weighted by Crippen LogP contribution is 2.21. The Morgan fingerprint density at radius 3 is 3.00 bits per heavy atom. The summed E-state index contributed by atoms with van der Waals surface area (Å²) in [5.74, 6) is 1.73. The molecule has 0 bridgehead atoms. The van der Waals surface area contributed by atoms with Crippen molar-refractivity contribution in [1.82, 2.24) is 10.2 Å². The summed E-state index contributed by atoms with van der Waals surface area (Å²) in [6.07, 6.45) is 0.957. The Morgan fingerprint density at radius 1 is 1.35 bits per heavy atom. The van der Waals surface area contributed by atoms with E-state index < -0.39 is 0 Å². The second-order valence-corrected chi connectivity index (χ2v) is 5.47. The zero-order chi connectivity index (χ0) is 11.9. The number of rotatable bonds is 6. The van der Waals surface area contributed by atoms with Gasteiger partial charge in [0.25, 0.3) is 0 Å². The maximum Gasteiger partial charge on any atom is 0.174 e. The fraction of sp³-hybridized carbons (Fsp3) is 0.273. The average molecular weight is 267 g/mol. The first-order valence-corrected chi connectivity index (χ1v) is 7.09. The standard InChI is InChI=1S/C11H13N3OS2/c12-9-4-1-2-5-10(9)15-6-3-7-16-11-14-13-8-17-11/h1-2,4-5,8H,3,6-7,12H2. The molecule has 0 aliphatic carbocycles. The van der Waals surface area contributed by atoms with Gasteiger partial charge < -0.3 is 10.5 Å². The van der Waals surface area contributed by atoms with Crippen molar-refractivity contribution in [1.29, 1.82) is 0 Å².